The Morgan fingerprint density at radius 3 is 1.85 bits per heavy atom. The number of rotatable bonds is 3. The molecule has 0 aliphatic rings. The lowest BCUT2D eigenvalue weighted by atomic mass is 9.85. The standard InChI is InChI=1S/C19H22F3NO3S/c1-11-6-13(18(3,4)5)7-12(2)17(11)27(25,26)23-15-8-14(19(20,21)22)9-16(24)10-15/h6-10,23-24H,1-5H3. The molecule has 0 unspecified atom stereocenters. The molecule has 0 spiro atoms. The third-order valence-electron chi connectivity index (χ3n) is 4.09. The molecular weight excluding hydrogens is 379 g/mol. The second-order valence-electron chi connectivity index (χ2n) is 7.56. The molecule has 148 valence electrons. The van der Waals surface area contributed by atoms with Gasteiger partial charge in [0, 0.05) is 6.07 Å². The third-order valence-corrected chi connectivity index (χ3v) is 5.78. The van der Waals surface area contributed by atoms with E-state index in [4.69, 9.17) is 0 Å². The summed E-state index contributed by atoms with van der Waals surface area (Å²) in [7, 11) is -4.14. The Hall–Kier alpha value is -2.22. The Balaban J connectivity index is 2.51. The van der Waals surface area contributed by atoms with Crippen LogP contribution >= 0.6 is 0 Å². The number of phenolic OH excluding ortho intramolecular Hbond substituents is 1. The summed E-state index contributed by atoms with van der Waals surface area (Å²) in [6.45, 7) is 9.28. The van der Waals surface area contributed by atoms with Crippen molar-refractivity contribution in [3.63, 3.8) is 0 Å². The smallest absolute Gasteiger partial charge is 0.416 e. The van der Waals surface area contributed by atoms with Gasteiger partial charge in [-0.3, -0.25) is 4.72 Å². The first-order chi connectivity index (χ1) is 12.1. The van der Waals surface area contributed by atoms with Crippen molar-refractivity contribution in [3.05, 3.63) is 52.6 Å². The van der Waals surface area contributed by atoms with Crippen LogP contribution in [0.3, 0.4) is 0 Å². The van der Waals surface area contributed by atoms with Crippen molar-refractivity contribution in [3.8, 4) is 5.75 Å². The van der Waals surface area contributed by atoms with Gasteiger partial charge in [-0.1, -0.05) is 32.9 Å². The Morgan fingerprint density at radius 2 is 1.41 bits per heavy atom. The van der Waals surface area contributed by atoms with Gasteiger partial charge < -0.3 is 5.11 Å². The second-order valence-corrected chi connectivity index (χ2v) is 9.18. The van der Waals surface area contributed by atoms with Crippen molar-refractivity contribution in [2.75, 3.05) is 4.72 Å². The number of anilines is 1. The molecule has 0 radical (unpaired) electrons. The van der Waals surface area contributed by atoms with E-state index in [-0.39, 0.29) is 16.0 Å². The number of hydrogen-bond donors (Lipinski definition) is 2. The zero-order valence-corrected chi connectivity index (χ0v) is 16.5. The third kappa shape index (κ3) is 4.74. The van der Waals surface area contributed by atoms with Gasteiger partial charge in [0.2, 0.25) is 0 Å². The first kappa shape index (κ1) is 21.1. The summed E-state index contributed by atoms with van der Waals surface area (Å²) in [6, 6.07) is 5.62. The summed E-state index contributed by atoms with van der Waals surface area (Å²) in [5, 5.41) is 9.52. The topological polar surface area (TPSA) is 66.4 Å². The lowest BCUT2D eigenvalue weighted by molar-refractivity contribution is -0.137. The number of phenols is 1. The molecular formula is C19H22F3NO3S. The van der Waals surface area contributed by atoms with Crippen LogP contribution in [0.5, 0.6) is 5.75 Å². The molecule has 0 heterocycles. The summed E-state index contributed by atoms with van der Waals surface area (Å²) in [4.78, 5) is 0.00685. The predicted molar refractivity (Wildman–Crippen MR) is 98.5 cm³/mol. The highest BCUT2D eigenvalue weighted by molar-refractivity contribution is 7.92. The highest BCUT2D eigenvalue weighted by Crippen LogP contribution is 2.35. The molecule has 0 aliphatic carbocycles. The van der Waals surface area contributed by atoms with E-state index in [1.165, 1.54) is 0 Å². The van der Waals surface area contributed by atoms with Gasteiger partial charge in [-0.05, 0) is 48.1 Å². The number of sulfonamides is 1. The molecule has 0 saturated carbocycles. The maximum atomic E-state index is 12.9. The minimum absolute atomic E-state index is 0.00685. The van der Waals surface area contributed by atoms with Crippen LogP contribution in [0.1, 0.15) is 43.0 Å². The van der Waals surface area contributed by atoms with Gasteiger partial charge in [0.25, 0.3) is 10.0 Å². The SMILES string of the molecule is Cc1cc(C(C)(C)C)cc(C)c1S(=O)(=O)Nc1cc(O)cc(C(F)(F)F)c1. The van der Waals surface area contributed by atoms with Gasteiger partial charge in [-0.15, -0.1) is 0 Å². The number of benzene rings is 2. The van der Waals surface area contributed by atoms with Crippen molar-refractivity contribution < 1.29 is 26.7 Å². The quantitative estimate of drug-likeness (QED) is 0.750. The summed E-state index contributed by atoms with van der Waals surface area (Å²) < 4.78 is 66.4. The Kier molecular flexibility index (Phi) is 5.27. The Bertz CT molecular complexity index is 952. The van der Waals surface area contributed by atoms with Crippen LogP contribution in [0.2, 0.25) is 0 Å². The fraction of sp³-hybridized carbons (Fsp3) is 0.368. The van der Waals surface area contributed by atoms with E-state index < -0.39 is 27.5 Å². The van der Waals surface area contributed by atoms with Gasteiger partial charge in [0.05, 0.1) is 16.1 Å². The molecule has 2 aromatic carbocycles. The van der Waals surface area contributed by atoms with E-state index in [0.29, 0.717) is 23.3 Å². The lowest BCUT2D eigenvalue weighted by Crippen LogP contribution is -2.18. The highest BCUT2D eigenvalue weighted by atomic mass is 32.2. The fourth-order valence-electron chi connectivity index (χ4n) is 2.85. The number of nitrogens with one attached hydrogen (secondary N) is 1. The molecule has 0 amide bonds. The molecule has 2 aromatic rings. The van der Waals surface area contributed by atoms with Crippen molar-refractivity contribution in [2.24, 2.45) is 0 Å². The molecule has 8 heteroatoms. The highest BCUT2D eigenvalue weighted by Gasteiger charge is 2.32. The molecule has 2 rings (SSSR count). The van der Waals surface area contributed by atoms with E-state index in [1.54, 1.807) is 26.0 Å². The summed E-state index contributed by atoms with van der Waals surface area (Å²) in [6.07, 6.45) is -4.71. The van der Waals surface area contributed by atoms with Crippen LogP contribution in [-0.2, 0) is 21.6 Å². The Morgan fingerprint density at radius 1 is 0.889 bits per heavy atom. The first-order valence-electron chi connectivity index (χ1n) is 8.17. The molecule has 0 fully saturated rings. The maximum Gasteiger partial charge on any atom is 0.416 e. The van der Waals surface area contributed by atoms with Gasteiger partial charge in [-0.2, -0.15) is 13.2 Å². The molecule has 0 saturated heterocycles. The van der Waals surface area contributed by atoms with Crippen molar-refractivity contribution in [1.82, 2.24) is 0 Å². The molecule has 4 nitrogen and oxygen atoms in total. The second kappa shape index (κ2) is 6.74. The van der Waals surface area contributed by atoms with Crippen molar-refractivity contribution in [2.45, 2.75) is 51.1 Å². The average molecular weight is 401 g/mol. The van der Waals surface area contributed by atoms with Gasteiger partial charge in [-0.25, -0.2) is 8.42 Å². The molecule has 0 aliphatic heterocycles. The zero-order chi connectivity index (χ0) is 20.8. The number of aryl methyl sites for hydroxylation is 2. The van der Waals surface area contributed by atoms with Crippen molar-refractivity contribution >= 4 is 15.7 Å². The summed E-state index contributed by atoms with van der Waals surface area (Å²) >= 11 is 0. The number of halogens is 3. The van der Waals surface area contributed by atoms with Crippen molar-refractivity contribution in [1.29, 1.82) is 0 Å². The van der Waals surface area contributed by atoms with E-state index in [9.17, 15) is 26.7 Å². The van der Waals surface area contributed by atoms with Crippen LogP contribution in [0.25, 0.3) is 0 Å². The summed E-state index contributed by atoms with van der Waals surface area (Å²) in [5.74, 6) is -0.681. The summed E-state index contributed by atoms with van der Waals surface area (Å²) in [5.41, 5.74) is 0.246. The largest absolute Gasteiger partial charge is 0.508 e. The van der Waals surface area contributed by atoms with Gasteiger partial charge >= 0.3 is 6.18 Å². The molecule has 0 aromatic heterocycles. The van der Waals surface area contributed by atoms with E-state index in [0.717, 1.165) is 11.6 Å². The van der Waals surface area contributed by atoms with E-state index in [1.807, 2.05) is 20.8 Å². The maximum absolute atomic E-state index is 12.9. The minimum atomic E-state index is -4.71. The normalized spacial score (nSPS) is 12.9. The molecule has 2 N–H and O–H groups in total. The number of hydrogen-bond acceptors (Lipinski definition) is 3. The molecule has 0 atom stereocenters. The van der Waals surface area contributed by atoms with E-state index >= 15 is 0 Å². The van der Waals surface area contributed by atoms with Crippen LogP contribution < -0.4 is 4.72 Å². The fourth-order valence-corrected chi connectivity index (χ4v) is 4.34. The van der Waals surface area contributed by atoms with Gasteiger partial charge in [0.1, 0.15) is 5.75 Å². The molecule has 0 bridgehead atoms. The van der Waals surface area contributed by atoms with E-state index in [2.05, 4.69) is 4.72 Å². The monoisotopic (exact) mass is 401 g/mol. The first-order valence-corrected chi connectivity index (χ1v) is 9.65. The number of alkyl halides is 3. The number of aromatic hydroxyl groups is 1. The predicted octanol–water partition coefficient (Wildman–Crippen LogP) is 5.13. The minimum Gasteiger partial charge on any atom is -0.508 e. The molecule has 27 heavy (non-hydrogen) atoms. The average Bonchev–Trinajstić information content (AvgIpc) is 2.42. The zero-order valence-electron chi connectivity index (χ0n) is 15.7. The van der Waals surface area contributed by atoms with Gasteiger partial charge in [0.15, 0.2) is 0 Å². The van der Waals surface area contributed by atoms with Crippen LogP contribution in [0, 0.1) is 13.8 Å². The lowest BCUT2D eigenvalue weighted by Gasteiger charge is -2.22. The Labute approximate surface area is 157 Å². The van der Waals surface area contributed by atoms with Crippen LogP contribution in [0.4, 0.5) is 18.9 Å². The van der Waals surface area contributed by atoms with Crippen LogP contribution in [0.15, 0.2) is 35.2 Å². The van der Waals surface area contributed by atoms with Crippen LogP contribution in [-0.4, -0.2) is 13.5 Å².